The van der Waals surface area contributed by atoms with E-state index < -0.39 is 0 Å². The monoisotopic (exact) mass is 282 g/mol. The Kier molecular flexibility index (Phi) is 4.46. The average molecular weight is 282 g/mol. The zero-order chi connectivity index (χ0) is 14.5. The minimum Gasteiger partial charge on any atom is -0.355 e. The third-order valence-corrected chi connectivity index (χ3v) is 4.15. The van der Waals surface area contributed by atoms with Gasteiger partial charge in [0.15, 0.2) is 0 Å². The van der Waals surface area contributed by atoms with Crippen molar-refractivity contribution in [2.45, 2.75) is 25.4 Å². The van der Waals surface area contributed by atoms with Gasteiger partial charge in [0, 0.05) is 44.3 Å². The summed E-state index contributed by atoms with van der Waals surface area (Å²) in [7, 11) is 2.21. The SMILES string of the molecule is CN(Cc1cccnc1)[C@H]1CCCN(c2ccccn2)C1. The summed E-state index contributed by atoms with van der Waals surface area (Å²) in [6, 6.07) is 10.8. The molecule has 0 bridgehead atoms. The van der Waals surface area contributed by atoms with Gasteiger partial charge in [-0.15, -0.1) is 0 Å². The van der Waals surface area contributed by atoms with E-state index in [1.807, 2.05) is 30.7 Å². The van der Waals surface area contributed by atoms with Crippen molar-refractivity contribution in [1.29, 1.82) is 0 Å². The Balaban J connectivity index is 1.63. The van der Waals surface area contributed by atoms with Gasteiger partial charge in [0.05, 0.1) is 0 Å². The summed E-state index contributed by atoms with van der Waals surface area (Å²) in [6.45, 7) is 3.11. The molecule has 1 aliphatic heterocycles. The Hall–Kier alpha value is -1.94. The van der Waals surface area contributed by atoms with Crippen LogP contribution >= 0.6 is 0 Å². The van der Waals surface area contributed by atoms with Gasteiger partial charge in [-0.1, -0.05) is 12.1 Å². The summed E-state index contributed by atoms with van der Waals surface area (Å²) in [6.07, 6.45) is 8.12. The molecule has 4 heteroatoms. The third-order valence-electron chi connectivity index (χ3n) is 4.15. The fourth-order valence-electron chi connectivity index (χ4n) is 2.97. The Morgan fingerprint density at radius 2 is 2.19 bits per heavy atom. The molecular formula is C17H22N4. The Morgan fingerprint density at radius 1 is 1.24 bits per heavy atom. The van der Waals surface area contributed by atoms with Gasteiger partial charge in [0.2, 0.25) is 0 Å². The molecule has 0 aromatic carbocycles. The number of aromatic nitrogens is 2. The molecule has 0 unspecified atom stereocenters. The summed E-state index contributed by atoms with van der Waals surface area (Å²) in [5.41, 5.74) is 1.27. The number of rotatable bonds is 4. The topological polar surface area (TPSA) is 32.3 Å². The van der Waals surface area contributed by atoms with Crippen molar-refractivity contribution in [2.75, 3.05) is 25.0 Å². The molecule has 0 aliphatic carbocycles. The van der Waals surface area contributed by atoms with E-state index >= 15 is 0 Å². The van der Waals surface area contributed by atoms with Crippen LogP contribution < -0.4 is 4.90 Å². The molecule has 110 valence electrons. The van der Waals surface area contributed by atoms with Crippen LogP contribution in [0.15, 0.2) is 48.9 Å². The van der Waals surface area contributed by atoms with Gasteiger partial charge < -0.3 is 4.90 Å². The number of hydrogen-bond donors (Lipinski definition) is 0. The highest BCUT2D eigenvalue weighted by molar-refractivity contribution is 5.38. The van der Waals surface area contributed by atoms with Crippen LogP contribution in [-0.2, 0) is 6.54 Å². The van der Waals surface area contributed by atoms with Crippen LogP contribution in [0.25, 0.3) is 0 Å². The molecule has 3 rings (SSSR count). The number of likely N-dealkylation sites (N-methyl/N-ethyl adjacent to an activating group) is 1. The summed E-state index contributed by atoms with van der Waals surface area (Å²) >= 11 is 0. The minimum atomic E-state index is 0.570. The van der Waals surface area contributed by atoms with E-state index in [0.717, 1.165) is 25.5 Å². The summed E-state index contributed by atoms with van der Waals surface area (Å²) < 4.78 is 0. The zero-order valence-corrected chi connectivity index (χ0v) is 12.5. The molecule has 1 fully saturated rings. The molecule has 1 aliphatic rings. The Morgan fingerprint density at radius 3 is 2.95 bits per heavy atom. The average Bonchev–Trinajstić information content (AvgIpc) is 2.57. The molecule has 0 radical (unpaired) electrons. The molecule has 0 N–H and O–H groups in total. The van der Waals surface area contributed by atoms with Gasteiger partial charge in [0.25, 0.3) is 0 Å². The molecular weight excluding hydrogens is 260 g/mol. The minimum absolute atomic E-state index is 0.570. The lowest BCUT2D eigenvalue weighted by atomic mass is 10.0. The summed E-state index contributed by atoms with van der Waals surface area (Å²) in [5, 5.41) is 0. The predicted molar refractivity (Wildman–Crippen MR) is 85.2 cm³/mol. The van der Waals surface area contributed by atoms with Crippen molar-refractivity contribution < 1.29 is 0 Å². The number of pyridine rings is 2. The first-order chi connectivity index (χ1) is 10.3. The number of anilines is 1. The van der Waals surface area contributed by atoms with E-state index in [0.29, 0.717) is 6.04 Å². The molecule has 2 aromatic heterocycles. The van der Waals surface area contributed by atoms with E-state index in [1.165, 1.54) is 18.4 Å². The van der Waals surface area contributed by atoms with E-state index in [-0.39, 0.29) is 0 Å². The van der Waals surface area contributed by atoms with Gasteiger partial charge in [-0.3, -0.25) is 9.88 Å². The molecule has 1 atom stereocenters. The summed E-state index contributed by atoms with van der Waals surface area (Å²) in [5.74, 6) is 1.09. The largest absolute Gasteiger partial charge is 0.355 e. The first kappa shape index (κ1) is 14.0. The molecule has 0 saturated carbocycles. The lowest BCUT2D eigenvalue weighted by Gasteiger charge is -2.38. The van der Waals surface area contributed by atoms with Crippen molar-refractivity contribution in [3.05, 3.63) is 54.5 Å². The fraction of sp³-hybridized carbons (Fsp3) is 0.412. The Labute approximate surface area is 126 Å². The quantitative estimate of drug-likeness (QED) is 0.863. The van der Waals surface area contributed by atoms with E-state index in [2.05, 4.69) is 45.0 Å². The van der Waals surface area contributed by atoms with Crippen molar-refractivity contribution in [3.8, 4) is 0 Å². The van der Waals surface area contributed by atoms with Gasteiger partial charge in [-0.05, 0) is 43.7 Å². The molecule has 1 saturated heterocycles. The van der Waals surface area contributed by atoms with E-state index in [1.54, 1.807) is 0 Å². The van der Waals surface area contributed by atoms with Crippen LogP contribution in [0.5, 0.6) is 0 Å². The first-order valence-electron chi connectivity index (χ1n) is 7.58. The second kappa shape index (κ2) is 6.68. The molecule has 21 heavy (non-hydrogen) atoms. The van der Waals surface area contributed by atoms with Crippen molar-refractivity contribution in [2.24, 2.45) is 0 Å². The van der Waals surface area contributed by atoms with Gasteiger partial charge in [-0.25, -0.2) is 4.98 Å². The van der Waals surface area contributed by atoms with Gasteiger partial charge in [0.1, 0.15) is 5.82 Å². The fourth-order valence-corrected chi connectivity index (χ4v) is 2.97. The van der Waals surface area contributed by atoms with Crippen LogP contribution in [0.2, 0.25) is 0 Å². The molecule has 0 spiro atoms. The maximum absolute atomic E-state index is 4.48. The van der Waals surface area contributed by atoms with Crippen molar-refractivity contribution in [1.82, 2.24) is 14.9 Å². The smallest absolute Gasteiger partial charge is 0.128 e. The van der Waals surface area contributed by atoms with Crippen LogP contribution in [0.4, 0.5) is 5.82 Å². The lowest BCUT2D eigenvalue weighted by molar-refractivity contribution is 0.207. The molecule has 4 nitrogen and oxygen atoms in total. The van der Waals surface area contributed by atoms with Gasteiger partial charge in [-0.2, -0.15) is 0 Å². The second-order valence-electron chi connectivity index (χ2n) is 5.71. The highest BCUT2D eigenvalue weighted by Gasteiger charge is 2.23. The predicted octanol–water partition coefficient (Wildman–Crippen LogP) is 2.58. The highest BCUT2D eigenvalue weighted by atomic mass is 15.2. The normalized spacial score (nSPS) is 19.0. The first-order valence-corrected chi connectivity index (χ1v) is 7.58. The van der Waals surface area contributed by atoms with Crippen LogP contribution in [0.1, 0.15) is 18.4 Å². The van der Waals surface area contributed by atoms with Crippen LogP contribution in [-0.4, -0.2) is 41.0 Å². The lowest BCUT2D eigenvalue weighted by Crippen LogP contribution is -2.46. The number of nitrogens with zero attached hydrogens (tertiary/aromatic N) is 4. The third kappa shape index (κ3) is 3.58. The maximum Gasteiger partial charge on any atom is 0.128 e. The number of piperidine rings is 1. The van der Waals surface area contributed by atoms with Crippen molar-refractivity contribution >= 4 is 5.82 Å². The van der Waals surface area contributed by atoms with Crippen LogP contribution in [0, 0.1) is 0 Å². The highest BCUT2D eigenvalue weighted by Crippen LogP contribution is 2.20. The maximum atomic E-state index is 4.48. The van der Waals surface area contributed by atoms with Crippen molar-refractivity contribution in [3.63, 3.8) is 0 Å². The van der Waals surface area contributed by atoms with E-state index in [9.17, 15) is 0 Å². The van der Waals surface area contributed by atoms with Crippen LogP contribution in [0.3, 0.4) is 0 Å². The van der Waals surface area contributed by atoms with E-state index in [4.69, 9.17) is 0 Å². The Bertz CT molecular complexity index is 543. The standard InChI is InChI=1S/C17H22N4/c1-20(13-15-6-4-9-18-12-15)16-7-5-11-21(14-16)17-8-2-3-10-19-17/h2-4,6,8-10,12,16H,5,7,11,13-14H2,1H3/t16-/m0/s1. The molecule has 0 amide bonds. The molecule has 3 heterocycles. The zero-order valence-electron chi connectivity index (χ0n) is 12.5. The molecule has 2 aromatic rings. The number of hydrogen-bond acceptors (Lipinski definition) is 4. The van der Waals surface area contributed by atoms with Gasteiger partial charge >= 0.3 is 0 Å². The summed E-state index contributed by atoms with van der Waals surface area (Å²) in [4.78, 5) is 13.5. The second-order valence-corrected chi connectivity index (χ2v) is 5.71.